The molecule has 0 nitrogen and oxygen atoms in total. The summed E-state index contributed by atoms with van der Waals surface area (Å²) in [5, 5.41) is 0. The van der Waals surface area contributed by atoms with Gasteiger partial charge in [0.05, 0.1) is 0 Å². The van der Waals surface area contributed by atoms with Gasteiger partial charge in [0.15, 0.2) is 0 Å². The second-order valence-electron chi connectivity index (χ2n) is 6.55. The van der Waals surface area contributed by atoms with Crippen molar-refractivity contribution in [3.05, 3.63) is 82.9 Å². The van der Waals surface area contributed by atoms with Crippen LogP contribution in [0.5, 0.6) is 0 Å². The minimum Gasteiger partial charge on any atom is -0.0763 e. The minimum atomic E-state index is 0.636. The Morgan fingerprint density at radius 3 is 2.27 bits per heavy atom. The summed E-state index contributed by atoms with van der Waals surface area (Å²) in [4.78, 5) is 0. The van der Waals surface area contributed by atoms with Crippen LogP contribution in [0.3, 0.4) is 0 Å². The fourth-order valence-electron chi connectivity index (χ4n) is 3.90. The molecule has 0 heterocycles. The van der Waals surface area contributed by atoms with Gasteiger partial charge in [0.1, 0.15) is 0 Å². The van der Waals surface area contributed by atoms with Crippen LogP contribution >= 0.6 is 0 Å². The number of hydrogen-bond donors (Lipinski definition) is 0. The highest BCUT2D eigenvalue weighted by molar-refractivity contribution is 5.75. The molecule has 4 rings (SSSR count). The van der Waals surface area contributed by atoms with E-state index < -0.39 is 0 Å². The Morgan fingerprint density at radius 1 is 0.818 bits per heavy atom. The maximum atomic E-state index is 2.44. The molecule has 22 heavy (non-hydrogen) atoms. The fourth-order valence-corrected chi connectivity index (χ4v) is 3.90. The van der Waals surface area contributed by atoms with E-state index in [2.05, 4.69) is 67.6 Å². The van der Waals surface area contributed by atoms with Gasteiger partial charge in [-0.15, -0.1) is 0 Å². The third-order valence-corrected chi connectivity index (χ3v) is 5.18. The van der Waals surface area contributed by atoms with Crippen LogP contribution in [0.2, 0.25) is 0 Å². The SMILES string of the molecule is CC(CCC1=CCc2ccccc21)C1=CCc2ccccc21. The largest absolute Gasteiger partial charge is 0.0763 e. The molecule has 0 spiro atoms. The summed E-state index contributed by atoms with van der Waals surface area (Å²) in [5.74, 6) is 0.636. The van der Waals surface area contributed by atoms with E-state index in [-0.39, 0.29) is 0 Å². The van der Waals surface area contributed by atoms with Gasteiger partial charge in [-0.2, -0.15) is 0 Å². The van der Waals surface area contributed by atoms with Gasteiger partial charge in [-0.05, 0) is 65.0 Å². The quantitative estimate of drug-likeness (QED) is 0.678. The van der Waals surface area contributed by atoms with Gasteiger partial charge in [-0.1, -0.05) is 67.6 Å². The predicted octanol–water partition coefficient (Wildman–Crippen LogP) is 5.68. The Labute approximate surface area is 133 Å². The van der Waals surface area contributed by atoms with Crippen molar-refractivity contribution in [3.8, 4) is 0 Å². The van der Waals surface area contributed by atoms with Crippen LogP contribution in [-0.2, 0) is 12.8 Å². The van der Waals surface area contributed by atoms with Crippen LogP contribution in [0.4, 0.5) is 0 Å². The zero-order chi connectivity index (χ0) is 14.9. The number of allylic oxidation sites excluding steroid dienone is 4. The molecule has 0 N–H and O–H groups in total. The lowest BCUT2D eigenvalue weighted by molar-refractivity contribution is 0.682. The van der Waals surface area contributed by atoms with Crippen molar-refractivity contribution in [2.75, 3.05) is 0 Å². The molecule has 0 saturated heterocycles. The van der Waals surface area contributed by atoms with Crippen molar-refractivity contribution >= 4 is 11.1 Å². The summed E-state index contributed by atoms with van der Waals surface area (Å²) in [6, 6.07) is 17.7. The monoisotopic (exact) mass is 286 g/mol. The lowest BCUT2D eigenvalue weighted by Crippen LogP contribution is -1.98. The predicted molar refractivity (Wildman–Crippen MR) is 94.6 cm³/mol. The Bertz CT molecular complexity index is 761. The summed E-state index contributed by atoms with van der Waals surface area (Å²) < 4.78 is 0. The van der Waals surface area contributed by atoms with Crippen LogP contribution < -0.4 is 0 Å². The molecule has 110 valence electrons. The molecular weight excluding hydrogens is 264 g/mol. The maximum absolute atomic E-state index is 2.44. The van der Waals surface area contributed by atoms with E-state index in [0.717, 1.165) is 12.8 Å². The molecule has 2 aromatic rings. The summed E-state index contributed by atoms with van der Waals surface area (Å²) in [6.45, 7) is 2.38. The van der Waals surface area contributed by atoms with Crippen LogP contribution in [0.15, 0.2) is 60.7 Å². The first-order valence-corrected chi connectivity index (χ1v) is 8.38. The topological polar surface area (TPSA) is 0 Å². The third kappa shape index (κ3) is 2.33. The van der Waals surface area contributed by atoms with E-state index in [1.807, 2.05) is 0 Å². The van der Waals surface area contributed by atoms with Gasteiger partial charge < -0.3 is 0 Å². The first-order valence-electron chi connectivity index (χ1n) is 8.38. The minimum absolute atomic E-state index is 0.636. The lowest BCUT2D eigenvalue weighted by atomic mass is 9.89. The first kappa shape index (κ1) is 13.6. The Morgan fingerprint density at radius 2 is 1.45 bits per heavy atom. The average molecular weight is 286 g/mol. The summed E-state index contributed by atoms with van der Waals surface area (Å²) in [5.41, 5.74) is 9.06. The highest BCUT2D eigenvalue weighted by Crippen LogP contribution is 2.37. The van der Waals surface area contributed by atoms with Crippen molar-refractivity contribution in [2.45, 2.75) is 32.6 Å². The summed E-state index contributed by atoms with van der Waals surface area (Å²) >= 11 is 0. The van der Waals surface area contributed by atoms with Crippen molar-refractivity contribution in [1.29, 1.82) is 0 Å². The van der Waals surface area contributed by atoms with Crippen molar-refractivity contribution in [1.82, 2.24) is 0 Å². The smallest absolute Gasteiger partial charge is 0.00853 e. The van der Waals surface area contributed by atoms with E-state index in [9.17, 15) is 0 Å². The first-order chi connectivity index (χ1) is 10.8. The molecule has 0 aliphatic heterocycles. The highest BCUT2D eigenvalue weighted by atomic mass is 14.2. The number of fused-ring (bicyclic) bond motifs is 2. The van der Waals surface area contributed by atoms with Crippen LogP contribution in [0.1, 0.15) is 42.0 Å². The van der Waals surface area contributed by atoms with Gasteiger partial charge in [0.2, 0.25) is 0 Å². The molecular formula is C22H22. The van der Waals surface area contributed by atoms with E-state index in [0.29, 0.717) is 5.92 Å². The highest BCUT2D eigenvalue weighted by Gasteiger charge is 2.20. The molecule has 0 aromatic heterocycles. The molecule has 0 amide bonds. The second kappa shape index (κ2) is 5.61. The standard InChI is InChI=1S/C22H22/c1-16(20-15-14-18-7-3-5-9-22(18)20)10-11-19-13-12-17-6-2-4-8-21(17)19/h2-9,13,15-16H,10-12,14H2,1H3. The number of benzene rings is 2. The number of hydrogen-bond acceptors (Lipinski definition) is 0. The molecule has 2 aliphatic carbocycles. The third-order valence-electron chi connectivity index (χ3n) is 5.18. The van der Waals surface area contributed by atoms with Crippen molar-refractivity contribution < 1.29 is 0 Å². The Kier molecular flexibility index (Phi) is 3.46. The van der Waals surface area contributed by atoms with Crippen molar-refractivity contribution in [2.24, 2.45) is 5.92 Å². The van der Waals surface area contributed by atoms with Gasteiger partial charge in [0, 0.05) is 0 Å². The molecule has 1 atom stereocenters. The zero-order valence-corrected chi connectivity index (χ0v) is 13.2. The molecule has 0 heteroatoms. The summed E-state index contributed by atoms with van der Waals surface area (Å²) in [6.07, 6.45) is 9.52. The van der Waals surface area contributed by atoms with Crippen LogP contribution in [-0.4, -0.2) is 0 Å². The van der Waals surface area contributed by atoms with Gasteiger partial charge in [-0.3, -0.25) is 0 Å². The fraction of sp³-hybridized carbons (Fsp3) is 0.273. The van der Waals surface area contributed by atoms with E-state index in [1.54, 1.807) is 11.1 Å². The van der Waals surface area contributed by atoms with Crippen LogP contribution in [0, 0.1) is 5.92 Å². The molecule has 2 aromatic carbocycles. The zero-order valence-electron chi connectivity index (χ0n) is 13.2. The molecule has 1 unspecified atom stereocenters. The van der Waals surface area contributed by atoms with Gasteiger partial charge >= 0.3 is 0 Å². The van der Waals surface area contributed by atoms with Gasteiger partial charge in [-0.25, -0.2) is 0 Å². The molecule has 2 aliphatic rings. The van der Waals surface area contributed by atoms with E-state index in [1.165, 1.54) is 35.1 Å². The van der Waals surface area contributed by atoms with Gasteiger partial charge in [0.25, 0.3) is 0 Å². The average Bonchev–Trinajstić information content (AvgIpc) is 3.17. The van der Waals surface area contributed by atoms with E-state index >= 15 is 0 Å². The molecule has 0 fully saturated rings. The van der Waals surface area contributed by atoms with Crippen molar-refractivity contribution in [3.63, 3.8) is 0 Å². The lowest BCUT2D eigenvalue weighted by Gasteiger charge is -2.15. The van der Waals surface area contributed by atoms with E-state index in [4.69, 9.17) is 0 Å². The maximum Gasteiger partial charge on any atom is -0.00853 e. The normalized spacial score (nSPS) is 16.8. The molecule has 0 bridgehead atoms. The Hall–Kier alpha value is -2.08. The summed E-state index contributed by atoms with van der Waals surface area (Å²) in [7, 11) is 0. The second-order valence-corrected chi connectivity index (χ2v) is 6.55. The Balaban J connectivity index is 1.46. The van der Waals surface area contributed by atoms with Crippen LogP contribution in [0.25, 0.3) is 11.1 Å². The number of rotatable bonds is 4. The molecule has 0 saturated carbocycles. The molecule has 0 radical (unpaired) electrons.